The second kappa shape index (κ2) is 5.45. The van der Waals surface area contributed by atoms with Crippen molar-refractivity contribution in [1.29, 1.82) is 0 Å². The van der Waals surface area contributed by atoms with Crippen molar-refractivity contribution in [3.8, 4) is 22.5 Å². The molecule has 0 amide bonds. The maximum atomic E-state index is 14.9. The van der Waals surface area contributed by atoms with Gasteiger partial charge < -0.3 is 0 Å². The van der Waals surface area contributed by atoms with Crippen LogP contribution < -0.4 is 0 Å². The van der Waals surface area contributed by atoms with Gasteiger partial charge in [0.25, 0.3) is 0 Å². The molecule has 3 aromatic rings. The fraction of sp³-hybridized carbons (Fsp3) is 0.238. The first kappa shape index (κ1) is 15.9. The summed E-state index contributed by atoms with van der Waals surface area (Å²) in [5.41, 5.74) is 3.74. The van der Waals surface area contributed by atoms with Gasteiger partial charge in [0, 0.05) is 29.4 Å². The van der Waals surface area contributed by atoms with E-state index in [-0.39, 0.29) is 16.9 Å². The Morgan fingerprint density at radius 1 is 0.840 bits per heavy atom. The van der Waals surface area contributed by atoms with Crippen molar-refractivity contribution in [2.24, 2.45) is 5.41 Å². The van der Waals surface area contributed by atoms with Crippen LogP contribution in [-0.4, -0.2) is 9.97 Å². The zero-order valence-electron chi connectivity index (χ0n) is 14.3. The summed E-state index contributed by atoms with van der Waals surface area (Å²) >= 11 is 0. The van der Waals surface area contributed by atoms with Gasteiger partial charge in [-0.1, -0.05) is 51.1 Å². The van der Waals surface area contributed by atoms with Crippen molar-refractivity contribution in [3.63, 3.8) is 0 Å². The van der Waals surface area contributed by atoms with E-state index < -0.39 is 11.6 Å². The van der Waals surface area contributed by atoms with E-state index in [1.165, 1.54) is 12.3 Å². The Hall–Kier alpha value is -2.62. The van der Waals surface area contributed by atoms with Gasteiger partial charge >= 0.3 is 0 Å². The normalized spacial score (nSPS) is 15.8. The van der Waals surface area contributed by atoms with Crippen LogP contribution in [0.1, 0.15) is 37.8 Å². The molecule has 1 aromatic heterocycles. The van der Waals surface area contributed by atoms with Crippen LogP contribution in [0.15, 0.2) is 48.8 Å². The molecule has 0 fully saturated rings. The van der Waals surface area contributed by atoms with Crippen LogP contribution in [-0.2, 0) is 0 Å². The summed E-state index contributed by atoms with van der Waals surface area (Å²) in [6.07, 6.45) is 3.11. The van der Waals surface area contributed by atoms with Crippen molar-refractivity contribution in [2.75, 3.05) is 0 Å². The number of hydrogen-bond donors (Lipinski definition) is 0. The van der Waals surface area contributed by atoms with Crippen molar-refractivity contribution >= 4 is 0 Å². The molecule has 2 aromatic carbocycles. The summed E-state index contributed by atoms with van der Waals surface area (Å²) in [5, 5.41) is 0. The van der Waals surface area contributed by atoms with Crippen molar-refractivity contribution in [2.45, 2.75) is 26.7 Å². The van der Waals surface area contributed by atoms with Gasteiger partial charge in [-0.3, -0.25) is 9.97 Å². The molecular formula is C21H18F2N2. The number of fused-ring (bicyclic) bond motifs is 5. The lowest BCUT2D eigenvalue weighted by Crippen LogP contribution is -2.20. The average Bonchev–Trinajstić information content (AvgIpc) is 2.70. The molecule has 1 unspecified atom stereocenters. The minimum atomic E-state index is -0.867. The fourth-order valence-corrected chi connectivity index (χ4v) is 3.83. The monoisotopic (exact) mass is 336 g/mol. The molecule has 0 bridgehead atoms. The molecule has 0 aliphatic heterocycles. The predicted octanol–water partition coefficient (Wildman–Crippen LogP) is 5.58. The first-order chi connectivity index (χ1) is 11.9. The largest absolute Gasteiger partial charge is 0.252 e. The third-order valence-corrected chi connectivity index (χ3v) is 4.77. The number of benzene rings is 2. The first-order valence-corrected chi connectivity index (χ1v) is 8.28. The minimum Gasteiger partial charge on any atom is -0.252 e. The molecule has 1 aliphatic rings. The van der Waals surface area contributed by atoms with Gasteiger partial charge in [-0.15, -0.1) is 0 Å². The second-order valence-corrected chi connectivity index (χ2v) is 7.47. The summed E-state index contributed by atoms with van der Waals surface area (Å²) in [7, 11) is 0. The minimum absolute atomic E-state index is 0.107. The summed E-state index contributed by atoms with van der Waals surface area (Å²) in [4.78, 5) is 8.82. The van der Waals surface area contributed by atoms with Crippen LogP contribution in [0.2, 0.25) is 0 Å². The zero-order chi connectivity index (χ0) is 17.8. The number of nitrogens with zero attached hydrogens (tertiary/aromatic N) is 2. The lowest BCUT2D eigenvalue weighted by Gasteiger charge is -2.33. The lowest BCUT2D eigenvalue weighted by molar-refractivity contribution is 0.358. The van der Waals surface area contributed by atoms with Crippen LogP contribution in [0.3, 0.4) is 0 Å². The highest BCUT2D eigenvalue weighted by Gasteiger charge is 2.37. The van der Waals surface area contributed by atoms with Gasteiger partial charge in [0.05, 0.1) is 11.4 Å². The van der Waals surface area contributed by atoms with Gasteiger partial charge in [-0.25, -0.2) is 8.78 Å². The molecule has 4 heteroatoms. The third kappa shape index (κ3) is 2.36. The van der Waals surface area contributed by atoms with Gasteiger partial charge in [0.2, 0.25) is 0 Å². The molecule has 0 saturated heterocycles. The van der Waals surface area contributed by atoms with Crippen LogP contribution in [0, 0.1) is 17.0 Å². The van der Waals surface area contributed by atoms with E-state index in [2.05, 4.69) is 30.7 Å². The molecule has 4 rings (SSSR count). The maximum absolute atomic E-state index is 14.9. The Kier molecular flexibility index (Phi) is 3.46. The van der Waals surface area contributed by atoms with Gasteiger partial charge in [0.1, 0.15) is 0 Å². The van der Waals surface area contributed by atoms with Crippen LogP contribution in [0.25, 0.3) is 22.5 Å². The maximum Gasteiger partial charge on any atom is 0.168 e. The van der Waals surface area contributed by atoms with E-state index >= 15 is 0 Å². The lowest BCUT2D eigenvalue weighted by atomic mass is 9.71. The van der Waals surface area contributed by atoms with E-state index in [1.807, 2.05) is 24.3 Å². The highest BCUT2D eigenvalue weighted by atomic mass is 19.2. The Labute approximate surface area is 145 Å². The quantitative estimate of drug-likeness (QED) is 0.535. The van der Waals surface area contributed by atoms with Crippen LogP contribution in [0.5, 0.6) is 0 Å². The summed E-state index contributed by atoms with van der Waals surface area (Å²) in [6.45, 7) is 6.32. The third-order valence-electron chi connectivity index (χ3n) is 4.77. The van der Waals surface area contributed by atoms with Crippen LogP contribution in [0.4, 0.5) is 8.78 Å². The predicted molar refractivity (Wildman–Crippen MR) is 94.1 cm³/mol. The smallest absolute Gasteiger partial charge is 0.168 e. The van der Waals surface area contributed by atoms with Crippen molar-refractivity contribution in [1.82, 2.24) is 9.97 Å². The Bertz CT molecular complexity index is 974. The number of aromatic nitrogens is 2. The zero-order valence-corrected chi connectivity index (χ0v) is 14.3. The highest BCUT2D eigenvalue weighted by Crippen LogP contribution is 2.51. The molecule has 1 heterocycles. The number of halogens is 2. The highest BCUT2D eigenvalue weighted by molar-refractivity contribution is 5.85. The molecule has 0 radical (unpaired) electrons. The SMILES string of the molecule is CC(C)(C)C1c2ccccc2-c2nccnc2-c2c1ccc(F)c2F. The van der Waals surface area contributed by atoms with Gasteiger partial charge in [-0.2, -0.15) is 0 Å². The first-order valence-electron chi connectivity index (χ1n) is 8.28. The molecule has 0 spiro atoms. The van der Waals surface area contributed by atoms with E-state index in [1.54, 1.807) is 12.3 Å². The summed E-state index contributed by atoms with van der Waals surface area (Å²) < 4.78 is 28.9. The Morgan fingerprint density at radius 3 is 2.24 bits per heavy atom. The van der Waals surface area contributed by atoms with Crippen molar-refractivity contribution < 1.29 is 8.78 Å². The van der Waals surface area contributed by atoms with Crippen LogP contribution >= 0.6 is 0 Å². The number of rotatable bonds is 0. The fourth-order valence-electron chi connectivity index (χ4n) is 3.83. The summed E-state index contributed by atoms with van der Waals surface area (Å²) in [6, 6.07) is 10.8. The molecular weight excluding hydrogens is 318 g/mol. The molecule has 0 N–H and O–H groups in total. The topological polar surface area (TPSA) is 25.8 Å². The second-order valence-electron chi connectivity index (χ2n) is 7.47. The molecule has 126 valence electrons. The van der Waals surface area contributed by atoms with E-state index in [4.69, 9.17) is 0 Å². The molecule has 2 nitrogen and oxygen atoms in total. The Morgan fingerprint density at radius 2 is 1.52 bits per heavy atom. The van der Waals surface area contributed by atoms with E-state index in [0.717, 1.165) is 16.7 Å². The summed E-state index contributed by atoms with van der Waals surface area (Å²) in [5.74, 6) is -1.83. The number of hydrogen-bond acceptors (Lipinski definition) is 2. The van der Waals surface area contributed by atoms with Gasteiger partial charge in [0.15, 0.2) is 11.6 Å². The molecule has 1 atom stereocenters. The molecule has 25 heavy (non-hydrogen) atoms. The van der Waals surface area contributed by atoms with Crippen molar-refractivity contribution in [3.05, 3.63) is 71.6 Å². The van der Waals surface area contributed by atoms with Gasteiger partial charge in [-0.05, 0) is 22.6 Å². The molecule has 1 aliphatic carbocycles. The molecule has 0 saturated carbocycles. The van der Waals surface area contributed by atoms with E-state index in [9.17, 15) is 8.78 Å². The van der Waals surface area contributed by atoms with E-state index in [0.29, 0.717) is 11.4 Å². The standard InChI is InChI=1S/C21H18F2N2/c1-21(2,3)17-12-6-4-5-7-13(12)19-20(25-11-10-24-19)16-14(17)8-9-15(22)18(16)23/h4-11,17H,1-3H3. The average molecular weight is 336 g/mol. The Balaban J connectivity index is 2.21.